The summed E-state index contributed by atoms with van der Waals surface area (Å²) in [6, 6.07) is 0. The Balaban J connectivity index is 1.54. The second-order valence-electron chi connectivity index (χ2n) is 7.39. The third-order valence-electron chi connectivity index (χ3n) is 5.79. The minimum absolute atomic E-state index is 0.590. The molecule has 3 rings (SSSR count). The Morgan fingerprint density at radius 2 is 1.78 bits per heavy atom. The zero-order valence-corrected chi connectivity index (χ0v) is 12.1. The summed E-state index contributed by atoms with van der Waals surface area (Å²) < 4.78 is 0. The molecule has 0 spiro atoms. The Bertz CT molecular complexity index is 270. The highest BCUT2D eigenvalue weighted by atomic mass is 15.1. The Hall–Kier alpha value is -0.0800. The van der Waals surface area contributed by atoms with Crippen molar-refractivity contribution in [3.8, 4) is 0 Å². The maximum atomic E-state index is 3.50. The number of hydrogen-bond acceptors (Lipinski definition) is 2. The summed E-state index contributed by atoms with van der Waals surface area (Å²) in [5.41, 5.74) is 0.590. The summed E-state index contributed by atoms with van der Waals surface area (Å²) in [6.07, 6.45) is 10.3. The number of nitrogens with zero attached hydrogens (tertiary/aromatic N) is 1. The lowest BCUT2D eigenvalue weighted by molar-refractivity contribution is 0.0462. The van der Waals surface area contributed by atoms with Crippen molar-refractivity contribution >= 4 is 0 Å². The minimum atomic E-state index is 0.590. The molecule has 2 heterocycles. The molecule has 1 N–H and O–H groups in total. The molecule has 0 bridgehead atoms. The fourth-order valence-electron chi connectivity index (χ4n) is 4.55. The van der Waals surface area contributed by atoms with Crippen molar-refractivity contribution < 1.29 is 0 Å². The van der Waals surface area contributed by atoms with Gasteiger partial charge in [-0.15, -0.1) is 0 Å². The quantitative estimate of drug-likeness (QED) is 0.810. The van der Waals surface area contributed by atoms with Crippen LogP contribution in [-0.4, -0.2) is 37.6 Å². The molecule has 2 saturated heterocycles. The highest BCUT2D eigenvalue weighted by Gasteiger charge is 2.35. The van der Waals surface area contributed by atoms with Gasteiger partial charge in [-0.2, -0.15) is 0 Å². The summed E-state index contributed by atoms with van der Waals surface area (Å²) in [5.74, 6) is 2.12. The number of fused-ring (bicyclic) bond motifs is 1. The van der Waals surface area contributed by atoms with Gasteiger partial charge in [-0.25, -0.2) is 0 Å². The van der Waals surface area contributed by atoms with E-state index in [1.807, 2.05) is 0 Å². The predicted octanol–water partition coefficient (Wildman–Crippen LogP) is 2.89. The molecule has 104 valence electrons. The van der Waals surface area contributed by atoms with E-state index in [1.165, 1.54) is 77.7 Å². The molecule has 2 heteroatoms. The summed E-state index contributed by atoms with van der Waals surface area (Å²) in [4.78, 5) is 2.80. The normalized spacial score (nSPS) is 37.2. The predicted molar refractivity (Wildman–Crippen MR) is 76.7 cm³/mol. The number of piperidine rings is 2. The van der Waals surface area contributed by atoms with Crippen LogP contribution in [0.4, 0.5) is 0 Å². The smallest absolute Gasteiger partial charge is 0.00364 e. The fourth-order valence-corrected chi connectivity index (χ4v) is 4.55. The summed E-state index contributed by atoms with van der Waals surface area (Å²) >= 11 is 0. The van der Waals surface area contributed by atoms with Crippen molar-refractivity contribution in [3.05, 3.63) is 0 Å². The SMILES string of the molecule is CC1(CN2CCC3CCCCC3C2)CCNCC1. The Labute approximate surface area is 113 Å². The van der Waals surface area contributed by atoms with Crippen LogP contribution in [0.15, 0.2) is 0 Å². The van der Waals surface area contributed by atoms with Gasteiger partial charge in [-0.05, 0) is 62.6 Å². The molecule has 2 nitrogen and oxygen atoms in total. The van der Waals surface area contributed by atoms with Gasteiger partial charge in [-0.1, -0.05) is 26.2 Å². The van der Waals surface area contributed by atoms with E-state index in [0.717, 1.165) is 11.8 Å². The number of rotatable bonds is 2. The number of nitrogens with one attached hydrogen (secondary N) is 1. The summed E-state index contributed by atoms with van der Waals surface area (Å²) in [6.45, 7) is 9.13. The maximum Gasteiger partial charge on any atom is 0.00364 e. The molecule has 0 aromatic heterocycles. The topological polar surface area (TPSA) is 15.3 Å². The van der Waals surface area contributed by atoms with Crippen LogP contribution >= 0.6 is 0 Å². The molecular weight excluding hydrogens is 220 g/mol. The van der Waals surface area contributed by atoms with E-state index in [-0.39, 0.29) is 0 Å². The Morgan fingerprint density at radius 3 is 2.56 bits per heavy atom. The highest BCUT2D eigenvalue weighted by Crippen LogP contribution is 2.38. The molecule has 0 amide bonds. The number of likely N-dealkylation sites (tertiary alicyclic amines) is 1. The lowest BCUT2D eigenvalue weighted by atomic mass is 9.74. The molecule has 3 aliphatic rings. The van der Waals surface area contributed by atoms with Crippen LogP contribution in [0.1, 0.15) is 51.9 Å². The van der Waals surface area contributed by atoms with Gasteiger partial charge >= 0.3 is 0 Å². The minimum Gasteiger partial charge on any atom is -0.317 e. The van der Waals surface area contributed by atoms with Crippen LogP contribution in [-0.2, 0) is 0 Å². The Morgan fingerprint density at radius 1 is 1.06 bits per heavy atom. The van der Waals surface area contributed by atoms with Gasteiger partial charge in [0.25, 0.3) is 0 Å². The second kappa shape index (κ2) is 5.50. The monoisotopic (exact) mass is 250 g/mol. The number of hydrogen-bond donors (Lipinski definition) is 1. The molecule has 18 heavy (non-hydrogen) atoms. The van der Waals surface area contributed by atoms with Gasteiger partial charge in [0.15, 0.2) is 0 Å². The molecule has 2 atom stereocenters. The van der Waals surface area contributed by atoms with Crippen molar-refractivity contribution in [1.29, 1.82) is 0 Å². The zero-order valence-electron chi connectivity index (χ0n) is 12.1. The van der Waals surface area contributed by atoms with Crippen LogP contribution in [0.3, 0.4) is 0 Å². The highest BCUT2D eigenvalue weighted by molar-refractivity contribution is 4.88. The van der Waals surface area contributed by atoms with Crippen LogP contribution < -0.4 is 5.32 Å². The molecular formula is C16H30N2. The first-order chi connectivity index (χ1) is 8.75. The van der Waals surface area contributed by atoms with Gasteiger partial charge in [-0.3, -0.25) is 0 Å². The molecule has 1 aliphatic carbocycles. The zero-order chi connectivity index (χ0) is 12.4. The molecule has 0 aromatic rings. The molecule has 3 fully saturated rings. The lowest BCUT2D eigenvalue weighted by Crippen LogP contribution is -2.48. The van der Waals surface area contributed by atoms with Crippen molar-refractivity contribution in [1.82, 2.24) is 10.2 Å². The molecule has 1 saturated carbocycles. The lowest BCUT2D eigenvalue weighted by Gasteiger charge is -2.45. The molecule has 0 radical (unpaired) electrons. The second-order valence-corrected chi connectivity index (χ2v) is 7.39. The average molecular weight is 250 g/mol. The van der Waals surface area contributed by atoms with E-state index in [4.69, 9.17) is 0 Å². The van der Waals surface area contributed by atoms with E-state index < -0.39 is 0 Å². The third-order valence-corrected chi connectivity index (χ3v) is 5.79. The van der Waals surface area contributed by atoms with Crippen LogP contribution in [0.25, 0.3) is 0 Å². The van der Waals surface area contributed by atoms with E-state index >= 15 is 0 Å². The van der Waals surface area contributed by atoms with Crippen molar-refractivity contribution in [2.24, 2.45) is 17.3 Å². The van der Waals surface area contributed by atoms with E-state index in [0.29, 0.717) is 5.41 Å². The first-order valence-electron chi connectivity index (χ1n) is 8.18. The molecule has 0 aromatic carbocycles. The van der Waals surface area contributed by atoms with Gasteiger partial charge in [0, 0.05) is 13.1 Å². The molecule has 2 aliphatic heterocycles. The van der Waals surface area contributed by atoms with Gasteiger partial charge in [0.2, 0.25) is 0 Å². The average Bonchev–Trinajstić information content (AvgIpc) is 2.39. The van der Waals surface area contributed by atoms with Gasteiger partial charge in [0.1, 0.15) is 0 Å². The first-order valence-corrected chi connectivity index (χ1v) is 8.18. The van der Waals surface area contributed by atoms with Gasteiger partial charge < -0.3 is 10.2 Å². The van der Waals surface area contributed by atoms with Crippen LogP contribution in [0, 0.1) is 17.3 Å². The van der Waals surface area contributed by atoms with E-state index in [1.54, 1.807) is 0 Å². The van der Waals surface area contributed by atoms with Crippen LogP contribution in [0.2, 0.25) is 0 Å². The fraction of sp³-hybridized carbons (Fsp3) is 1.00. The first kappa shape index (κ1) is 12.9. The van der Waals surface area contributed by atoms with Gasteiger partial charge in [0.05, 0.1) is 0 Å². The van der Waals surface area contributed by atoms with Crippen LogP contribution in [0.5, 0.6) is 0 Å². The third kappa shape index (κ3) is 2.91. The van der Waals surface area contributed by atoms with Crippen molar-refractivity contribution in [2.45, 2.75) is 51.9 Å². The van der Waals surface area contributed by atoms with E-state index in [2.05, 4.69) is 17.1 Å². The Kier molecular flexibility index (Phi) is 3.95. The van der Waals surface area contributed by atoms with Crippen molar-refractivity contribution in [2.75, 3.05) is 32.7 Å². The van der Waals surface area contributed by atoms with E-state index in [9.17, 15) is 0 Å². The molecule has 2 unspecified atom stereocenters. The standard InChI is InChI=1S/C16H30N2/c1-16(7-9-17-10-8-16)13-18-11-6-14-4-2-3-5-15(14)12-18/h14-15,17H,2-13H2,1H3. The van der Waals surface area contributed by atoms with Crippen molar-refractivity contribution in [3.63, 3.8) is 0 Å². The summed E-state index contributed by atoms with van der Waals surface area (Å²) in [5, 5.41) is 3.50. The largest absolute Gasteiger partial charge is 0.317 e. The summed E-state index contributed by atoms with van der Waals surface area (Å²) in [7, 11) is 0. The maximum absolute atomic E-state index is 3.50.